The third-order valence-electron chi connectivity index (χ3n) is 2.43. The Balaban J connectivity index is 2.52. The van der Waals surface area contributed by atoms with Crippen LogP contribution < -0.4 is 5.32 Å². The van der Waals surface area contributed by atoms with Crippen LogP contribution in [0.2, 0.25) is 0 Å². The Morgan fingerprint density at radius 3 is 2.62 bits per heavy atom. The lowest BCUT2D eigenvalue weighted by atomic mass is 10.1. The Morgan fingerprint density at radius 1 is 1.38 bits per heavy atom. The molecule has 1 unspecified atom stereocenters. The maximum Gasteiger partial charge on any atom is 0.0705 e. The fourth-order valence-electron chi connectivity index (χ4n) is 1.52. The molecule has 1 rings (SSSR count). The van der Waals surface area contributed by atoms with Crippen molar-refractivity contribution in [2.75, 3.05) is 6.54 Å². The second kappa shape index (κ2) is 6.38. The molecule has 0 heterocycles. The van der Waals surface area contributed by atoms with E-state index in [-0.39, 0.29) is 6.10 Å². The van der Waals surface area contributed by atoms with Crippen molar-refractivity contribution in [2.24, 2.45) is 0 Å². The number of aliphatic hydroxyl groups is 1. The largest absolute Gasteiger partial charge is 0.391 e. The van der Waals surface area contributed by atoms with Gasteiger partial charge in [0.1, 0.15) is 0 Å². The Bertz CT molecular complexity index is 339. The van der Waals surface area contributed by atoms with Gasteiger partial charge in [0, 0.05) is 23.5 Å². The first-order valence-electron chi connectivity index (χ1n) is 5.65. The van der Waals surface area contributed by atoms with Gasteiger partial charge in [0.25, 0.3) is 0 Å². The van der Waals surface area contributed by atoms with Crippen LogP contribution >= 0.6 is 15.9 Å². The fourth-order valence-corrected chi connectivity index (χ4v) is 2.17. The van der Waals surface area contributed by atoms with Crippen molar-refractivity contribution in [1.29, 1.82) is 0 Å². The van der Waals surface area contributed by atoms with E-state index in [9.17, 15) is 5.11 Å². The van der Waals surface area contributed by atoms with Gasteiger partial charge in [0.2, 0.25) is 0 Å². The van der Waals surface area contributed by atoms with Crippen molar-refractivity contribution >= 4 is 15.9 Å². The van der Waals surface area contributed by atoms with Crippen LogP contribution in [0.15, 0.2) is 22.7 Å². The molecule has 0 fully saturated rings. The summed E-state index contributed by atoms with van der Waals surface area (Å²) in [7, 11) is 0. The topological polar surface area (TPSA) is 32.3 Å². The zero-order valence-electron chi connectivity index (χ0n) is 10.1. The molecule has 2 N–H and O–H groups in total. The second-order valence-corrected chi connectivity index (χ2v) is 5.37. The molecular weight excluding hydrogens is 266 g/mol. The van der Waals surface area contributed by atoms with Gasteiger partial charge in [-0.2, -0.15) is 0 Å². The molecular formula is C13H20BrNO. The first kappa shape index (κ1) is 13.7. The highest BCUT2D eigenvalue weighted by atomic mass is 79.9. The number of aryl methyl sites for hydroxylation is 1. The normalized spacial score (nSPS) is 13.1. The van der Waals surface area contributed by atoms with Gasteiger partial charge in [-0.15, -0.1) is 0 Å². The lowest BCUT2D eigenvalue weighted by Crippen LogP contribution is -2.33. The van der Waals surface area contributed by atoms with Crippen molar-refractivity contribution in [1.82, 2.24) is 5.32 Å². The minimum absolute atomic E-state index is 0.332. The molecule has 2 nitrogen and oxygen atoms in total. The summed E-state index contributed by atoms with van der Waals surface area (Å²) in [6.45, 7) is 6.85. The van der Waals surface area contributed by atoms with Gasteiger partial charge in [0.05, 0.1) is 6.10 Å². The van der Waals surface area contributed by atoms with Crippen LogP contribution in [0.4, 0.5) is 0 Å². The summed E-state index contributed by atoms with van der Waals surface area (Å²) in [5.74, 6) is 0. The molecule has 90 valence electrons. The van der Waals surface area contributed by atoms with E-state index in [2.05, 4.69) is 60.2 Å². The number of benzene rings is 1. The molecule has 1 atom stereocenters. The number of rotatable bonds is 5. The van der Waals surface area contributed by atoms with Gasteiger partial charge in [-0.1, -0.05) is 41.9 Å². The zero-order chi connectivity index (χ0) is 12.1. The van der Waals surface area contributed by atoms with Gasteiger partial charge >= 0.3 is 0 Å². The van der Waals surface area contributed by atoms with Gasteiger partial charge < -0.3 is 10.4 Å². The molecule has 0 aliphatic heterocycles. The van der Waals surface area contributed by atoms with Crippen LogP contribution in [0.25, 0.3) is 0 Å². The van der Waals surface area contributed by atoms with E-state index < -0.39 is 0 Å². The second-order valence-electron chi connectivity index (χ2n) is 4.52. The van der Waals surface area contributed by atoms with Crippen molar-refractivity contribution in [2.45, 2.75) is 39.3 Å². The molecule has 0 aromatic heterocycles. The molecule has 0 saturated carbocycles. The van der Waals surface area contributed by atoms with Crippen LogP contribution in [-0.4, -0.2) is 23.8 Å². The summed E-state index contributed by atoms with van der Waals surface area (Å²) in [5.41, 5.74) is 2.38. The standard InChI is InChI=1S/C13H20BrNO/c1-9(2)15-8-12(16)7-11-5-4-10(3)6-13(11)14/h4-6,9,12,15-16H,7-8H2,1-3H3. The van der Waals surface area contributed by atoms with E-state index in [1.807, 2.05) is 0 Å². The van der Waals surface area contributed by atoms with E-state index in [0.717, 1.165) is 10.0 Å². The summed E-state index contributed by atoms with van der Waals surface area (Å²) in [6.07, 6.45) is 0.349. The molecule has 0 saturated heterocycles. The molecule has 1 aromatic rings. The third-order valence-corrected chi connectivity index (χ3v) is 3.16. The SMILES string of the molecule is Cc1ccc(CC(O)CNC(C)C)c(Br)c1. The number of hydrogen-bond donors (Lipinski definition) is 2. The molecule has 0 aliphatic rings. The minimum Gasteiger partial charge on any atom is -0.391 e. The van der Waals surface area contributed by atoms with Crippen LogP contribution in [0, 0.1) is 6.92 Å². The number of nitrogens with one attached hydrogen (secondary N) is 1. The van der Waals surface area contributed by atoms with Crippen LogP contribution in [-0.2, 0) is 6.42 Å². The Morgan fingerprint density at radius 2 is 2.06 bits per heavy atom. The summed E-state index contributed by atoms with van der Waals surface area (Å²) >= 11 is 3.52. The van der Waals surface area contributed by atoms with Gasteiger partial charge in [-0.3, -0.25) is 0 Å². The molecule has 0 spiro atoms. The third kappa shape index (κ3) is 4.64. The van der Waals surface area contributed by atoms with Crippen LogP contribution in [0.1, 0.15) is 25.0 Å². The molecule has 1 aromatic carbocycles. The lowest BCUT2D eigenvalue weighted by molar-refractivity contribution is 0.168. The molecule has 0 amide bonds. The number of halogens is 1. The predicted molar refractivity (Wildman–Crippen MR) is 71.7 cm³/mol. The maximum absolute atomic E-state index is 9.86. The van der Waals surface area contributed by atoms with Crippen molar-refractivity contribution < 1.29 is 5.11 Å². The summed E-state index contributed by atoms with van der Waals surface area (Å²) in [4.78, 5) is 0. The molecule has 0 radical (unpaired) electrons. The van der Waals surface area contributed by atoms with E-state index in [0.29, 0.717) is 19.0 Å². The molecule has 3 heteroatoms. The van der Waals surface area contributed by atoms with Crippen molar-refractivity contribution in [3.63, 3.8) is 0 Å². The van der Waals surface area contributed by atoms with Crippen LogP contribution in [0.5, 0.6) is 0 Å². The van der Waals surface area contributed by atoms with Gasteiger partial charge in [0.15, 0.2) is 0 Å². The Labute approximate surface area is 106 Å². The predicted octanol–water partition coefficient (Wildman–Crippen LogP) is 2.66. The molecule has 16 heavy (non-hydrogen) atoms. The van der Waals surface area contributed by atoms with E-state index in [1.54, 1.807) is 0 Å². The quantitative estimate of drug-likeness (QED) is 0.872. The van der Waals surface area contributed by atoms with Gasteiger partial charge in [-0.25, -0.2) is 0 Å². The first-order chi connectivity index (χ1) is 7.49. The monoisotopic (exact) mass is 285 g/mol. The average molecular weight is 286 g/mol. The summed E-state index contributed by atoms with van der Waals surface area (Å²) < 4.78 is 1.08. The van der Waals surface area contributed by atoms with E-state index in [4.69, 9.17) is 0 Å². The first-order valence-corrected chi connectivity index (χ1v) is 6.45. The Hall–Kier alpha value is -0.380. The highest BCUT2D eigenvalue weighted by molar-refractivity contribution is 9.10. The summed E-state index contributed by atoms with van der Waals surface area (Å²) in [6, 6.07) is 6.63. The number of hydrogen-bond acceptors (Lipinski definition) is 2. The fraction of sp³-hybridized carbons (Fsp3) is 0.538. The lowest BCUT2D eigenvalue weighted by Gasteiger charge is -2.15. The zero-order valence-corrected chi connectivity index (χ0v) is 11.7. The summed E-state index contributed by atoms with van der Waals surface area (Å²) in [5, 5.41) is 13.1. The Kier molecular flexibility index (Phi) is 5.46. The van der Waals surface area contributed by atoms with Crippen molar-refractivity contribution in [3.8, 4) is 0 Å². The minimum atomic E-state index is -0.332. The van der Waals surface area contributed by atoms with E-state index >= 15 is 0 Å². The smallest absolute Gasteiger partial charge is 0.0705 e. The van der Waals surface area contributed by atoms with Gasteiger partial charge in [-0.05, 0) is 24.1 Å². The average Bonchev–Trinajstić information content (AvgIpc) is 2.19. The van der Waals surface area contributed by atoms with Crippen molar-refractivity contribution in [3.05, 3.63) is 33.8 Å². The highest BCUT2D eigenvalue weighted by Crippen LogP contribution is 2.19. The maximum atomic E-state index is 9.86. The highest BCUT2D eigenvalue weighted by Gasteiger charge is 2.08. The molecule has 0 bridgehead atoms. The molecule has 0 aliphatic carbocycles. The number of aliphatic hydroxyl groups excluding tert-OH is 1. The van der Waals surface area contributed by atoms with E-state index in [1.165, 1.54) is 5.56 Å². The van der Waals surface area contributed by atoms with Crippen LogP contribution in [0.3, 0.4) is 0 Å².